The van der Waals surface area contributed by atoms with Gasteiger partial charge in [0.2, 0.25) is 5.89 Å². The zero-order valence-corrected chi connectivity index (χ0v) is 13.1. The summed E-state index contributed by atoms with van der Waals surface area (Å²) in [5.41, 5.74) is 1.99. The molecule has 1 aliphatic carbocycles. The second kappa shape index (κ2) is 6.12. The number of fused-ring (bicyclic) bond motifs is 1. The maximum atomic E-state index is 5.83. The molecule has 3 aromatic heterocycles. The zero-order chi connectivity index (χ0) is 14.8. The van der Waals surface area contributed by atoms with Gasteiger partial charge in [-0.25, -0.2) is 4.98 Å². The predicted octanol–water partition coefficient (Wildman–Crippen LogP) is 4.06. The van der Waals surface area contributed by atoms with Crippen LogP contribution in [0.5, 0.6) is 0 Å². The van der Waals surface area contributed by atoms with Crippen molar-refractivity contribution in [1.82, 2.24) is 19.6 Å². The Morgan fingerprint density at radius 2 is 2.09 bits per heavy atom. The normalized spacial score (nSPS) is 16.4. The average molecular weight is 314 g/mol. The van der Waals surface area contributed by atoms with E-state index in [1.807, 2.05) is 35.0 Å². The Kier molecular flexibility index (Phi) is 3.84. The second-order valence-corrected chi connectivity index (χ2v) is 6.65. The van der Waals surface area contributed by atoms with Gasteiger partial charge in [0.25, 0.3) is 5.22 Å². The van der Waals surface area contributed by atoms with Crippen molar-refractivity contribution in [3.05, 3.63) is 42.2 Å². The molecule has 6 heteroatoms. The first kappa shape index (κ1) is 13.8. The van der Waals surface area contributed by atoms with E-state index < -0.39 is 0 Å². The van der Waals surface area contributed by atoms with Crippen LogP contribution in [0.15, 0.2) is 40.2 Å². The number of rotatable bonds is 4. The zero-order valence-electron chi connectivity index (χ0n) is 12.3. The molecule has 3 aromatic rings. The van der Waals surface area contributed by atoms with Crippen LogP contribution in [0.4, 0.5) is 0 Å². The lowest BCUT2D eigenvalue weighted by molar-refractivity contribution is 0.334. The van der Waals surface area contributed by atoms with E-state index in [1.165, 1.54) is 32.1 Å². The lowest BCUT2D eigenvalue weighted by Gasteiger charge is -2.17. The molecule has 0 unspecified atom stereocenters. The fraction of sp³-hybridized carbons (Fsp3) is 0.438. The van der Waals surface area contributed by atoms with E-state index in [9.17, 15) is 0 Å². The summed E-state index contributed by atoms with van der Waals surface area (Å²) in [5, 5.41) is 9.05. The summed E-state index contributed by atoms with van der Waals surface area (Å²) in [6.07, 6.45) is 10.3. The van der Waals surface area contributed by atoms with Gasteiger partial charge in [-0.05, 0) is 25.0 Å². The lowest BCUT2D eigenvalue weighted by Crippen LogP contribution is -2.04. The molecule has 0 saturated heterocycles. The second-order valence-electron chi connectivity index (χ2n) is 5.73. The Bertz CT molecular complexity index is 727. The van der Waals surface area contributed by atoms with Gasteiger partial charge in [0, 0.05) is 24.1 Å². The maximum absolute atomic E-state index is 5.83. The molecule has 0 aliphatic heterocycles. The van der Waals surface area contributed by atoms with E-state index in [4.69, 9.17) is 4.42 Å². The van der Waals surface area contributed by atoms with Gasteiger partial charge in [-0.15, -0.1) is 10.2 Å². The topological polar surface area (TPSA) is 56.2 Å². The van der Waals surface area contributed by atoms with Gasteiger partial charge < -0.3 is 8.82 Å². The Morgan fingerprint density at radius 3 is 2.95 bits per heavy atom. The summed E-state index contributed by atoms with van der Waals surface area (Å²) in [7, 11) is 0. The van der Waals surface area contributed by atoms with Crippen molar-refractivity contribution in [3.63, 3.8) is 0 Å². The number of imidazole rings is 1. The molecule has 0 N–H and O–H groups in total. The average Bonchev–Trinajstić information content (AvgIpc) is 3.20. The smallest absolute Gasteiger partial charge is 0.276 e. The van der Waals surface area contributed by atoms with Crippen molar-refractivity contribution in [3.8, 4) is 0 Å². The summed E-state index contributed by atoms with van der Waals surface area (Å²) >= 11 is 1.56. The molecule has 0 radical (unpaired) electrons. The molecule has 22 heavy (non-hydrogen) atoms. The van der Waals surface area contributed by atoms with Crippen molar-refractivity contribution in [2.45, 2.75) is 49.0 Å². The largest absolute Gasteiger partial charge is 0.416 e. The minimum absolute atomic E-state index is 0.464. The molecular weight excluding hydrogens is 296 g/mol. The molecule has 1 saturated carbocycles. The molecule has 114 valence electrons. The first-order chi connectivity index (χ1) is 10.9. The minimum Gasteiger partial charge on any atom is -0.416 e. The van der Waals surface area contributed by atoms with E-state index in [-0.39, 0.29) is 0 Å². The van der Waals surface area contributed by atoms with Crippen molar-refractivity contribution in [1.29, 1.82) is 0 Å². The highest BCUT2D eigenvalue weighted by molar-refractivity contribution is 7.98. The van der Waals surface area contributed by atoms with E-state index in [1.54, 1.807) is 11.8 Å². The van der Waals surface area contributed by atoms with Crippen LogP contribution in [-0.4, -0.2) is 19.6 Å². The van der Waals surface area contributed by atoms with Gasteiger partial charge in [-0.3, -0.25) is 0 Å². The summed E-state index contributed by atoms with van der Waals surface area (Å²) < 4.78 is 7.85. The third kappa shape index (κ3) is 2.88. The Labute approximate surface area is 133 Å². The van der Waals surface area contributed by atoms with Crippen LogP contribution in [0.3, 0.4) is 0 Å². The fourth-order valence-electron chi connectivity index (χ4n) is 2.99. The quantitative estimate of drug-likeness (QED) is 0.680. The first-order valence-electron chi connectivity index (χ1n) is 7.77. The molecular formula is C16H18N4OS. The molecule has 0 atom stereocenters. The van der Waals surface area contributed by atoms with Gasteiger partial charge in [-0.1, -0.05) is 37.1 Å². The summed E-state index contributed by atoms with van der Waals surface area (Å²) in [4.78, 5) is 4.58. The van der Waals surface area contributed by atoms with Gasteiger partial charge in [0.15, 0.2) is 0 Å². The maximum Gasteiger partial charge on any atom is 0.276 e. The SMILES string of the molecule is c1ccn2cc(CSc3nnc(C4CCCCC4)o3)nc2c1. The molecule has 1 fully saturated rings. The van der Waals surface area contributed by atoms with E-state index >= 15 is 0 Å². The molecule has 5 nitrogen and oxygen atoms in total. The fourth-order valence-corrected chi connectivity index (χ4v) is 3.64. The molecule has 1 aliphatic rings. The van der Waals surface area contributed by atoms with Crippen molar-refractivity contribution < 1.29 is 4.42 Å². The Hall–Kier alpha value is -1.82. The molecule has 0 spiro atoms. The Balaban J connectivity index is 1.42. The predicted molar refractivity (Wildman–Crippen MR) is 84.9 cm³/mol. The van der Waals surface area contributed by atoms with Crippen LogP contribution in [0.2, 0.25) is 0 Å². The number of thioether (sulfide) groups is 1. The minimum atomic E-state index is 0.464. The van der Waals surface area contributed by atoms with Crippen molar-refractivity contribution in [2.75, 3.05) is 0 Å². The van der Waals surface area contributed by atoms with E-state index in [0.717, 1.165) is 23.0 Å². The van der Waals surface area contributed by atoms with Crippen LogP contribution < -0.4 is 0 Å². The molecule has 0 bridgehead atoms. The number of nitrogens with zero attached hydrogens (tertiary/aromatic N) is 4. The number of hydrogen-bond acceptors (Lipinski definition) is 5. The van der Waals surface area contributed by atoms with Crippen LogP contribution in [-0.2, 0) is 5.75 Å². The van der Waals surface area contributed by atoms with E-state index in [0.29, 0.717) is 11.1 Å². The lowest BCUT2D eigenvalue weighted by atomic mass is 9.89. The summed E-state index contributed by atoms with van der Waals surface area (Å²) in [6, 6.07) is 6.00. The van der Waals surface area contributed by atoms with Gasteiger partial charge >= 0.3 is 0 Å². The molecule has 4 rings (SSSR count). The molecule has 3 heterocycles. The number of aromatic nitrogens is 4. The third-order valence-electron chi connectivity index (χ3n) is 4.13. The van der Waals surface area contributed by atoms with Gasteiger partial charge in [-0.2, -0.15) is 0 Å². The number of hydrogen-bond donors (Lipinski definition) is 0. The highest BCUT2D eigenvalue weighted by atomic mass is 32.2. The van der Waals surface area contributed by atoms with Crippen LogP contribution in [0.1, 0.15) is 49.6 Å². The van der Waals surface area contributed by atoms with E-state index in [2.05, 4.69) is 15.2 Å². The standard InChI is InChI=1S/C16H18N4OS/c1-2-6-12(7-3-1)15-18-19-16(21-15)22-11-13-10-20-9-5-4-8-14(20)17-13/h4-5,8-10,12H,1-3,6-7,11H2. The Morgan fingerprint density at radius 1 is 1.18 bits per heavy atom. The van der Waals surface area contributed by atoms with Crippen molar-refractivity contribution in [2.24, 2.45) is 0 Å². The third-order valence-corrected chi connectivity index (χ3v) is 4.99. The number of pyridine rings is 1. The molecule has 0 amide bonds. The molecule has 0 aromatic carbocycles. The highest BCUT2D eigenvalue weighted by Crippen LogP contribution is 2.33. The summed E-state index contributed by atoms with van der Waals surface area (Å²) in [6.45, 7) is 0. The van der Waals surface area contributed by atoms with Gasteiger partial charge in [0.05, 0.1) is 5.69 Å². The van der Waals surface area contributed by atoms with Crippen LogP contribution in [0.25, 0.3) is 5.65 Å². The van der Waals surface area contributed by atoms with Crippen LogP contribution >= 0.6 is 11.8 Å². The first-order valence-corrected chi connectivity index (χ1v) is 8.76. The highest BCUT2D eigenvalue weighted by Gasteiger charge is 2.21. The monoisotopic (exact) mass is 314 g/mol. The van der Waals surface area contributed by atoms with Gasteiger partial charge in [0.1, 0.15) is 5.65 Å². The van der Waals surface area contributed by atoms with Crippen molar-refractivity contribution >= 4 is 17.4 Å². The summed E-state index contributed by atoms with van der Waals surface area (Å²) in [5.74, 6) is 2.02. The van der Waals surface area contributed by atoms with Crippen LogP contribution in [0, 0.1) is 0 Å².